The van der Waals surface area contributed by atoms with Gasteiger partial charge in [-0.25, -0.2) is 18.0 Å². The van der Waals surface area contributed by atoms with Gasteiger partial charge in [-0.05, 0) is 37.6 Å². The number of amides is 1. The molecule has 10 heteroatoms. The number of nitrogens with zero attached hydrogens (tertiary/aromatic N) is 4. The number of fused-ring (bicyclic) bond motifs is 2. The Labute approximate surface area is 193 Å². The fourth-order valence-electron chi connectivity index (χ4n) is 4.76. The highest BCUT2D eigenvalue weighted by Gasteiger charge is 2.36. The Morgan fingerprint density at radius 2 is 1.85 bits per heavy atom. The van der Waals surface area contributed by atoms with Crippen LogP contribution in [0.5, 0.6) is 5.75 Å². The SMILES string of the molecule is C[C@H]1c2nn(C)c(-c3cc(F)c(F)c(F)c3)c2CCN1C(=O)c1cccc2c1OC(=O)CN2C. The van der Waals surface area contributed by atoms with Crippen molar-refractivity contribution >= 4 is 17.6 Å². The third kappa shape index (κ3) is 3.32. The fraction of sp³-hybridized carbons (Fsp3) is 0.292. The number of carbonyl (C=O) groups excluding carboxylic acids is 2. The highest BCUT2D eigenvalue weighted by molar-refractivity contribution is 6.01. The second-order valence-corrected chi connectivity index (χ2v) is 8.50. The van der Waals surface area contributed by atoms with Crippen LogP contribution in [0.2, 0.25) is 0 Å². The number of carbonyl (C=O) groups is 2. The number of para-hydroxylation sites is 1. The predicted molar refractivity (Wildman–Crippen MR) is 117 cm³/mol. The molecule has 0 radical (unpaired) electrons. The van der Waals surface area contributed by atoms with Gasteiger partial charge in [-0.2, -0.15) is 5.10 Å². The van der Waals surface area contributed by atoms with Crippen molar-refractivity contribution in [3.63, 3.8) is 0 Å². The van der Waals surface area contributed by atoms with E-state index in [9.17, 15) is 22.8 Å². The molecule has 0 N–H and O–H groups in total. The summed E-state index contributed by atoms with van der Waals surface area (Å²) in [5.41, 5.74) is 2.89. The van der Waals surface area contributed by atoms with Crippen LogP contribution >= 0.6 is 0 Å². The van der Waals surface area contributed by atoms with E-state index in [0.29, 0.717) is 30.0 Å². The Morgan fingerprint density at radius 1 is 1.15 bits per heavy atom. The average Bonchev–Trinajstić information content (AvgIpc) is 3.13. The van der Waals surface area contributed by atoms with Crippen molar-refractivity contribution in [3.05, 3.63) is 64.6 Å². The van der Waals surface area contributed by atoms with E-state index in [-0.39, 0.29) is 29.3 Å². The van der Waals surface area contributed by atoms with Crippen LogP contribution in [0.1, 0.15) is 34.6 Å². The summed E-state index contributed by atoms with van der Waals surface area (Å²) in [7, 11) is 3.38. The first-order valence-corrected chi connectivity index (χ1v) is 10.7. The van der Waals surface area contributed by atoms with E-state index in [2.05, 4.69) is 5.10 Å². The number of ether oxygens (including phenoxy) is 1. The van der Waals surface area contributed by atoms with E-state index in [1.165, 1.54) is 4.68 Å². The van der Waals surface area contributed by atoms with E-state index in [4.69, 9.17) is 4.74 Å². The Hall–Kier alpha value is -3.82. The van der Waals surface area contributed by atoms with Gasteiger partial charge in [0.25, 0.3) is 5.91 Å². The van der Waals surface area contributed by atoms with Gasteiger partial charge in [-0.1, -0.05) is 6.07 Å². The summed E-state index contributed by atoms with van der Waals surface area (Å²) in [6, 6.07) is 6.56. The van der Waals surface area contributed by atoms with Gasteiger partial charge in [0.15, 0.2) is 23.2 Å². The van der Waals surface area contributed by atoms with Gasteiger partial charge in [0, 0.05) is 31.8 Å². The van der Waals surface area contributed by atoms with Crippen LogP contribution in [0.15, 0.2) is 30.3 Å². The minimum atomic E-state index is -1.53. The molecule has 3 heterocycles. The Bertz CT molecular complexity index is 1330. The molecule has 0 spiro atoms. The number of likely N-dealkylation sites (N-methyl/N-ethyl adjacent to an activating group) is 1. The topological polar surface area (TPSA) is 67.7 Å². The molecule has 3 aromatic rings. The molecule has 1 aromatic heterocycles. The second-order valence-electron chi connectivity index (χ2n) is 8.50. The van der Waals surface area contributed by atoms with Gasteiger partial charge >= 0.3 is 5.97 Å². The highest BCUT2D eigenvalue weighted by atomic mass is 19.2. The van der Waals surface area contributed by atoms with Gasteiger partial charge in [-0.15, -0.1) is 0 Å². The fourth-order valence-corrected chi connectivity index (χ4v) is 4.76. The summed E-state index contributed by atoms with van der Waals surface area (Å²) < 4.78 is 48.1. The van der Waals surface area contributed by atoms with Crippen molar-refractivity contribution in [2.75, 3.05) is 25.0 Å². The molecular formula is C24H21F3N4O3. The molecule has 7 nitrogen and oxygen atoms in total. The van der Waals surface area contributed by atoms with Gasteiger partial charge in [0.1, 0.15) is 6.54 Å². The second kappa shape index (κ2) is 7.89. The van der Waals surface area contributed by atoms with Crippen LogP contribution in [0.4, 0.5) is 18.9 Å². The van der Waals surface area contributed by atoms with E-state index in [0.717, 1.165) is 17.7 Å². The van der Waals surface area contributed by atoms with Crippen LogP contribution in [-0.4, -0.2) is 46.7 Å². The minimum absolute atomic E-state index is 0.0927. The first-order valence-electron chi connectivity index (χ1n) is 10.7. The molecule has 0 saturated heterocycles. The summed E-state index contributed by atoms with van der Waals surface area (Å²) in [6.45, 7) is 2.22. The maximum atomic E-state index is 13.9. The van der Waals surface area contributed by atoms with Crippen LogP contribution < -0.4 is 9.64 Å². The summed E-state index contributed by atoms with van der Waals surface area (Å²) in [5.74, 6) is -4.62. The number of hydrogen-bond donors (Lipinski definition) is 0. The molecule has 2 aliphatic rings. The maximum absolute atomic E-state index is 13.9. The molecule has 0 unspecified atom stereocenters. The Balaban J connectivity index is 1.52. The molecular weight excluding hydrogens is 449 g/mol. The number of anilines is 1. The van der Waals surface area contributed by atoms with Gasteiger partial charge in [0.2, 0.25) is 0 Å². The third-order valence-corrected chi connectivity index (χ3v) is 6.38. The molecule has 5 rings (SSSR count). The number of halogens is 3. The van der Waals surface area contributed by atoms with Crippen molar-refractivity contribution < 1.29 is 27.5 Å². The van der Waals surface area contributed by atoms with Crippen molar-refractivity contribution in [1.29, 1.82) is 0 Å². The molecule has 0 saturated carbocycles. The first-order chi connectivity index (χ1) is 16.2. The van der Waals surface area contributed by atoms with Crippen molar-refractivity contribution in [1.82, 2.24) is 14.7 Å². The van der Waals surface area contributed by atoms with E-state index >= 15 is 0 Å². The summed E-state index contributed by atoms with van der Waals surface area (Å²) in [5, 5.41) is 4.52. The monoisotopic (exact) mass is 470 g/mol. The largest absolute Gasteiger partial charge is 0.422 e. The molecule has 0 aliphatic carbocycles. The highest BCUT2D eigenvalue weighted by Crippen LogP contribution is 2.39. The maximum Gasteiger partial charge on any atom is 0.331 e. The lowest BCUT2D eigenvalue weighted by atomic mass is 9.94. The van der Waals surface area contributed by atoms with Crippen LogP contribution in [0.25, 0.3) is 11.3 Å². The number of benzene rings is 2. The van der Waals surface area contributed by atoms with Crippen molar-refractivity contribution in [2.24, 2.45) is 7.05 Å². The van der Waals surface area contributed by atoms with Crippen LogP contribution in [-0.2, 0) is 18.3 Å². The lowest BCUT2D eigenvalue weighted by Crippen LogP contribution is -2.40. The van der Waals surface area contributed by atoms with E-state index in [1.807, 2.05) is 6.92 Å². The van der Waals surface area contributed by atoms with Gasteiger partial charge in [0.05, 0.1) is 28.7 Å². The zero-order chi connectivity index (χ0) is 24.3. The summed E-state index contributed by atoms with van der Waals surface area (Å²) in [4.78, 5) is 28.9. The number of aromatic nitrogens is 2. The minimum Gasteiger partial charge on any atom is -0.422 e. The zero-order valence-corrected chi connectivity index (χ0v) is 18.7. The predicted octanol–water partition coefficient (Wildman–Crippen LogP) is 3.62. The van der Waals surface area contributed by atoms with E-state index < -0.39 is 29.5 Å². The number of aryl methyl sites for hydroxylation is 1. The lowest BCUT2D eigenvalue weighted by Gasteiger charge is -2.34. The van der Waals surface area contributed by atoms with Gasteiger partial charge in [-0.3, -0.25) is 9.48 Å². The quantitative estimate of drug-likeness (QED) is 0.325. The Kier molecular flexibility index (Phi) is 5.11. The standard InChI is InChI=1S/C24H21F3N4O3/c1-12-21-14(22(30(3)28-21)13-9-16(25)20(27)17(26)10-13)7-8-31(12)24(33)15-5-4-6-18-23(15)34-19(32)11-29(18)2/h4-6,9-10,12H,7-8,11H2,1-3H3/t12-/m0/s1. The summed E-state index contributed by atoms with van der Waals surface area (Å²) in [6.07, 6.45) is 0.379. The third-order valence-electron chi connectivity index (χ3n) is 6.38. The molecule has 34 heavy (non-hydrogen) atoms. The number of rotatable bonds is 2. The number of hydrogen-bond acceptors (Lipinski definition) is 5. The first kappa shape index (κ1) is 22.0. The van der Waals surface area contributed by atoms with Crippen molar-refractivity contribution in [3.8, 4) is 17.0 Å². The average molecular weight is 470 g/mol. The normalized spacial score (nSPS) is 17.4. The summed E-state index contributed by atoms with van der Waals surface area (Å²) >= 11 is 0. The molecule has 0 fully saturated rings. The zero-order valence-electron chi connectivity index (χ0n) is 18.7. The lowest BCUT2D eigenvalue weighted by molar-refractivity contribution is -0.133. The molecule has 2 aliphatic heterocycles. The van der Waals surface area contributed by atoms with Crippen LogP contribution in [0, 0.1) is 17.5 Å². The molecule has 1 amide bonds. The molecule has 0 bridgehead atoms. The number of esters is 1. The Morgan fingerprint density at radius 3 is 2.56 bits per heavy atom. The van der Waals surface area contributed by atoms with Crippen LogP contribution in [0.3, 0.4) is 0 Å². The molecule has 2 aromatic carbocycles. The van der Waals surface area contributed by atoms with Gasteiger partial charge < -0.3 is 14.5 Å². The smallest absolute Gasteiger partial charge is 0.331 e. The molecule has 1 atom stereocenters. The molecule has 176 valence electrons. The van der Waals surface area contributed by atoms with E-state index in [1.54, 1.807) is 42.1 Å². The van der Waals surface area contributed by atoms with Crippen molar-refractivity contribution in [2.45, 2.75) is 19.4 Å².